The summed E-state index contributed by atoms with van der Waals surface area (Å²) in [7, 11) is 0. The van der Waals surface area contributed by atoms with Crippen LogP contribution in [-0.4, -0.2) is 19.9 Å². The topological polar surface area (TPSA) is 56.7 Å². The molecule has 4 rings (SSSR count). The minimum atomic E-state index is 0.596. The molecule has 1 aromatic carbocycles. The predicted octanol–water partition coefficient (Wildman–Crippen LogP) is 4.27. The fourth-order valence-electron chi connectivity index (χ4n) is 2.76. The summed E-state index contributed by atoms with van der Waals surface area (Å²) in [4.78, 5) is 4.38. The minimum Gasteiger partial charge on any atom is -0.361 e. The van der Waals surface area contributed by atoms with Gasteiger partial charge in [-0.05, 0) is 37.6 Å². The smallest absolute Gasteiger partial charge is 0.133 e. The maximum absolute atomic E-state index is 5.10. The number of pyridine rings is 1. The quantitative estimate of drug-likeness (QED) is 0.561. The van der Waals surface area contributed by atoms with Crippen LogP contribution >= 0.6 is 0 Å². The lowest BCUT2D eigenvalue weighted by Gasteiger charge is -2.04. The Balaban J connectivity index is 1.60. The van der Waals surface area contributed by atoms with Gasteiger partial charge in [0.15, 0.2) is 0 Å². The second-order valence-corrected chi connectivity index (χ2v) is 6.10. The third-order valence-corrected chi connectivity index (χ3v) is 4.04. The van der Waals surface area contributed by atoms with Crippen LogP contribution in [0.1, 0.15) is 17.1 Å². The van der Waals surface area contributed by atoms with Gasteiger partial charge in [0.05, 0.1) is 12.2 Å². The Morgan fingerprint density at radius 1 is 0.960 bits per heavy atom. The van der Waals surface area contributed by atoms with Crippen LogP contribution in [0.2, 0.25) is 0 Å². The molecule has 0 fully saturated rings. The zero-order chi connectivity index (χ0) is 17.2. The molecule has 0 aliphatic heterocycles. The van der Waals surface area contributed by atoms with Crippen LogP contribution < -0.4 is 0 Å². The van der Waals surface area contributed by atoms with Crippen molar-refractivity contribution in [3.63, 3.8) is 0 Å². The van der Waals surface area contributed by atoms with Crippen molar-refractivity contribution >= 4 is 0 Å². The molecule has 0 amide bonds. The lowest BCUT2D eigenvalue weighted by molar-refractivity contribution is 0.388. The van der Waals surface area contributed by atoms with Crippen molar-refractivity contribution in [3.8, 4) is 22.4 Å². The van der Waals surface area contributed by atoms with Crippen molar-refractivity contribution in [1.29, 1.82) is 0 Å². The number of nitrogens with zero attached hydrogens (tertiary/aromatic N) is 4. The molecule has 4 aromatic rings. The lowest BCUT2D eigenvalue weighted by atomic mass is 10.0. The van der Waals surface area contributed by atoms with Gasteiger partial charge >= 0.3 is 0 Å². The van der Waals surface area contributed by atoms with Crippen LogP contribution in [-0.2, 0) is 6.54 Å². The maximum Gasteiger partial charge on any atom is 0.133 e. The molecule has 124 valence electrons. The molecule has 0 unspecified atom stereocenters. The Bertz CT molecular complexity index is 998. The molecule has 0 aliphatic carbocycles. The van der Waals surface area contributed by atoms with E-state index in [1.807, 2.05) is 55.2 Å². The monoisotopic (exact) mass is 330 g/mol. The van der Waals surface area contributed by atoms with Gasteiger partial charge in [-0.25, -0.2) is 0 Å². The van der Waals surface area contributed by atoms with Gasteiger partial charge in [0.1, 0.15) is 11.5 Å². The second-order valence-electron chi connectivity index (χ2n) is 6.10. The molecule has 25 heavy (non-hydrogen) atoms. The number of rotatable bonds is 4. The molecule has 5 heteroatoms. The third-order valence-electron chi connectivity index (χ3n) is 4.04. The van der Waals surface area contributed by atoms with Crippen molar-refractivity contribution < 1.29 is 4.52 Å². The number of aryl methyl sites for hydroxylation is 2. The van der Waals surface area contributed by atoms with Gasteiger partial charge in [0.2, 0.25) is 0 Å². The minimum absolute atomic E-state index is 0.596. The van der Waals surface area contributed by atoms with Crippen molar-refractivity contribution in [2.24, 2.45) is 0 Å². The first-order valence-corrected chi connectivity index (χ1v) is 8.16. The van der Waals surface area contributed by atoms with Crippen LogP contribution in [0.3, 0.4) is 0 Å². The maximum atomic E-state index is 5.10. The lowest BCUT2D eigenvalue weighted by Crippen LogP contribution is -2.00. The summed E-state index contributed by atoms with van der Waals surface area (Å²) in [5.74, 6) is 0.807. The van der Waals surface area contributed by atoms with E-state index >= 15 is 0 Å². The summed E-state index contributed by atoms with van der Waals surface area (Å²) in [5.41, 5.74) is 6.13. The van der Waals surface area contributed by atoms with Gasteiger partial charge in [-0.1, -0.05) is 29.4 Å². The van der Waals surface area contributed by atoms with E-state index in [-0.39, 0.29) is 0 Å². The molecule has 0 atom stereocenters. The van der Waals surface area contributed by atoms with E-state index in [0.717, 1.165) is 39.5 Å². The average Bonchev–Trinajstić information content (AvgIpc) is 3.25. The van der Waals surface area contributed by atoms with E-state index in [9.17, 15) is 0 Å². The predicted molar refractivity (Wildman–Crippen MR) is 96.0 cm³/mol. The Kier molecular flexibility index (Phi) is 3.90. The van der Waals surface area contributed by atoms with Crippen LogP contribution in [0.5, 0.6) is 0 Å². The first kappa shape index (κ1) is 15.3. The van der Waals surface area contributed by atoms with Crippen LogP contribution in [0.25, 0.3) is 22.4 Å². The van der Waals surface area contributed by atoms with E-state index in [1.54, 1.807) is 0 Å². The summed E-state index contributed by atoms with van der Waals surface area (Å²) in [6.07, 6.45) is 3.86. The Labute approximate surface area is 145 Å². The fourth-order valence-corrected chi connectivity index (χ4v) is 2.76. The van der Waals surface area contributed by atoms with E-state index in [1.165, 1.54) is 0 Å². The van der Waals surface area contributed by atoms with Crippen LogP contribution in [0, 0.1) is 13.8 Å². The molecular formula is C20H18N4O. The molecule has 0 aliphatic rings. The van der Waals surface area contributed by atoms with Crippen LogP contribution in [0.15, 0.2) is 65.4 Å². The highest BCUT2D eigenvalue weighted by Crippen LogP contribution is 2.25. The van der Waals surface area contributed by atoms with Gasteiger partial charge in [0.25, 0.3) is 0 Å². The zero-order valence-corrected chi connectivity index (χ0v) is 14.2. The fraction of sp³-hybridized carbons (Fsp3) is 0.150. The molecule has 0 radical (unpaired) electrons. The normalized spacial score (nSPS) is 11.0. The highest BCUT2D eigenvalue weighted by molar-refractivity contribution is 5.70. The molecule has 5 nitrogen and oxygen atoms in total. The molecular weight excluding hydrogens is 312 g/mol. The van der Waals surface area contributed by atoms with Gasteiger partial charge < -0.3 is 4.52 Å². The van der Waals surface area contributed by atoms with E-state index in [4.69, 9.17) is 4.52 Å². The second kappa shape index (κ2) is 6.36. The van der Waals surface area contributed by atoms with Crippen molar-refractivity contribution in [1.82, 2.24) is 19.9 Å². The number of benzene rings is 1. The molecule has 3 aromatic heterocycles. The van der Waals surface area contributed by atoms with Crippen molar-refractivity contribution in [2.75, 3.05) is 0 Å². The Morgan fingerprint density at radius 2 is 1.84 bits per heavy atom. The number of hydrogen-bond donors (Lipinski definition) is 0. The van der Waals surface area contributed by atoms with Gasteiger partial charge in [0, 0.05) is 35.3 Å². The summed E-state index contributed by atoms with van der Waals surface area (Å²) >= 11 is 0. The molecule has 0 saturated heterocycles. The van der Waals surface area contributed by atoms with Gasteiger partial charge in [-0.15, -0.1) is 0 Å². The molecule has 0 N–H and O–H groups in total. The van der Waals surface area contributed by atoms with Crippen molar-refractivity contribution in [3.05, 3.63) is 78.1 Å². The molecule has 3 heterocycles. The standard InChI is InChI=1S/C20H18N4O/c1-14-6-7-18(12-21-14)16-4-3-5-17(11-16)20-8-9-24(22-20)13-19-10-15(2)25-23-19/h3-12H,13H2,1-2H3. The molecule has 0 saturated carbocycles. The highest BCUT2D eigenvalue weighted by Gasteiger charge is 2.07. The van der Waals surface area contributed by atoms with Gasteiger partial charge in [-0.3, -0.25) is 9.67 Å². The summed E-state index contributed by atoms with van der Waals surface area (Å²) in [6.45, 7) is 4.47. The van der Waals surface area contributed by atoms with Crippen LogP contribution in [0.4, 0.5) is 0 Å². The SMILES string of the molecule is Cc1ccc(-c2cccc(-c3ccn(Cc4cc(C)on4)n3)c2)cn1. The van der Waals surface area contributed by atoms with E-state index in [2.05, 4.69) is 39.5 Å². The largest absolute Gasteiger partial charge is 0.361 e. The average molecular weight is 330 g/mol. The summed E-state index contributed by atoms with van der Waals surface area (Å²) in [6, 6.07) is 16.4. The van der Waals surface area contributed by atoms with Crippen molar-refractivity contribution in [2.45, 2.75) is 20.4 Å². The van der Waals surface area contributed by atoms with E-state index < -0.39 is 0 Å². The van der Waals surface area contributed by atoms with Gasteiger partial charge in [-0.2, -0.15) is 5.10 Å². The summed E-state index contributed by atoms with van der Waals surface area (Å²) in [5, 5.41) is 8.66. The molecule has 0 bridgehead atoms. The first-order chi connectivity index (χ1) is 12.2. The number of aromatic nitrogens is 4. The first-order valence-electron chi connectivity index (χ1n) is 8.16. The molecule has 0 spiro atoms. The highest BCUT2D eigenvalue weighted by atomic mass is 16.5. The summed E-state index contributed by atoms with van der Waals surface area (Å²) < 4.78 is 6.97. The third kappa shape index (κ3) is 3.35. The van der Waals surface area contributed by atoms with E-state index in [0.29, 0.717) is 6.54 Å². The Morgan fingerprint density at radius 3 is 2.60 bits per heavy atom. The Hall–Kier alpha value is -3.21. The zero-order valence-electron chi connectivity index (χ0n) is 14.2. The number of hydrogen-bond acceptors (Lipinski definition) is 4.